The van der Waals surface area contributed by atoms with Crippen LogP contribution in [0.15, 0.2) is 54.9 Å². The van der Waals surface area contributed by atoms with E-state index in [1.165, 1.54) is 63.6 Å². The van der Waals surface area contributed by atoms with E-state index in [2.05, 4.69) is 38.8 Å². The van der Waals surface area contributed by atoms with Gasteiger partial charge in [-0.1, -0.05) is 17.7 Å². The maximum Gasteiger partial charge on any atom is 0.360 e. The number of hydrogen-bond acceptors (Lipinski definition) is 6. The number of hydrogen-bond donors (Lipinski definition) is 2. The molecule has 4 bridgehead atoms. The maximum absolute atomic E-state index is 11.9. The van der Waals surface area contributed by atoms with E-state index in [0.29, 0.717) is 11.2 Å². The zero-order valence-corrected chi connectivity index (χ0v) is 20.5. The molecule has 4 saturated carbocycles. The van der Waals surface area contributed by atoms with E-state index in [1.54, 1.807) is 0 Å². The number of benzene rings is 2. The summed E-state index contributed by atoms with van der Waals surface area (Å²) in [7, 11) is 1.32. The molecule has 6 nitrogen and oxygen atoms in total. The van der Waals surface area contributed by atoms with Crippen LogP contribution in [0.5, 0.6) is 0 Å². The first kappa shape index (κ1) is 22.4. The predicted molar refractivity (Wildman–Crippen MR) is 138 cm³/mol. The summed E-state index contributed by atoms with van der Waals surface area (Å²) in [5.74, 6) is 2.55. The SMILES string of the molecule is COC(=O)c1nccnc1Nc1ccc(Nc2ccc(C34CC5CC(CC(C5)C3)C4)cc2Cl)cc1. The number of methoxy groups -OCH3 is 1. The van der Waals surface area contributed by atoms with Gasteiger partial charge in [-0.05, 0) is 104 Å². The van der Waals surface area contributed by atoms with Crippen LogP contribution in [0.4, 0.5) is 22.9 Å². The molecule has 0 spiro atoms. The average Bonchev–Trinajstić information content (AvgIpc) is 2.85. The molecule has 4 aliphatic carbocycles. The number of carbonyl (C=O) groups is 1. The monoisotopic (exact) mass is 488 g/mol. The lowest BCUT2D eigenvalue weighted by atomic mass is 9.48. The number of halogens is 1. The van der Waals surface area contributed by atoms with Gasteiger partial charge in [-0.25, -0.2) is 14.8 Å². The van der Waals surface area contributed by atoms with Gasteiger partial charge in [0.25, 0.3) is 0 Å². The number of nitrogens with one attached hydrogen (secondary N) is 2. The zero-order chi connectivity index (χ0) is 24.0. The van der Waals surface area contributed by atoms with Crippen molar-refractivity contribution in [2.24, 2.45) is 17.8 Å². The Morgan fingerprint density at radius 3 is 2.11 bits per heavy atom. The molecule has 7 heteroatoms. The van der Waals surface area contributed by atoms with Crippen LogP contribution in [-0.4, -0.2) is 23.0 Å². The van der Waals surface area contributed by atoms with Crippen molar-refractivity contribution < 1.29 is 9.53 Å². The Hall–Kier alpha value is -3.12. The molecule has 7 rings (SSSR count). The first-order chi connectivity index (χ1) is 17.0. The molecule has 0 saturated heterocycles. The Labute approximate surface area is 210 Å². The summed E-state index contributed by atoms with van der Waals surface area (Å²) in [4.78, 5) is 20.2. The summed E-state index contributed by atoms with van der Waals surface area (Å²) in [6.45, 7) is 0. The van der Waals surface area contributed by atoms with E-state index in [9.17, 15) is 4.79 Å². The normalized spacial score (nSPS) is 26.4. The van der Waals surface area contributed by atoms with E-state index >= 15 is 0 Å². The molecule has 180 valence electrons. The second kappa shape index (κ2) is 8.83. The van der Waals surface area contributed by atoms with E-state index < -0.39 is 5.97 Å². The van der Waals surface area contributed by atoms with Crippen molar-refractivity contribution in [2.45, 2.75) is 43.9 Å². The fourth-order valence-electron chi connectivity index (χ4n) is 7.02. The van der Waals surface area contributed by atoms with Crippen LogP contribution in [0.2, 0.25) is 5.02 Å². The largest absolute Gasteiger partial charge is 0.464 e. The summed E-state index contributed by atoms with van der Waals surface area (Å²) >= 11 is 6.79. The summed E-state index contributed by atoms with van der Waals surface area (Å²) in [5.41, 5.74) is 4.52. The number of ether oxygens (including phenoxy) is 1. The minimum Gasteiger partial charge on any atom is -0.464 e. The molecule has 0 amide bonds. The van der Waals surface area contributed by atoms with E-state index in [1.807, 2.05) is 24.3 Å². The molecule has 2 aromatic carbocycles. The minimum absolute atomic E-state index is 0.142. The molecule has 2 N–H and O–H groups in total. The Morgan fingerprint density at radius 2 is 1.51 bits per heavy atom. The standard InChI is InChI=1S/C28H29ClN4O2/c1-35-27(34)25-26(31-9-8-30-25)33-22-5-3-21(4-6-22)32-24-7-2-20(13-23(24)29)28-14-17-10-18(15-28)12-19(11-17)16-28/h2-9,13,17-19,32H,10-12,14-16H2,1H3,(H,31,33). The Morgan fingerprint density at radius 1 is 0.914 bits per heavy atom. The smallest absolute Gasteiger partial charge is 0.360 e. The third-order valence-corrected chi connectivity index (χ3v) is 8.44. The molecule has 4 aliphatic rings. The fourth-order valence-corrected chi connectivity index (χ4v) is 7.24. The summed E-state index contributed by atoms with van der Waals surface area (Å²) in [6.07, 6.45) is 11.3. The van der Waals surface area contributed by atoms with E-state index in [0.717, 1.165) is 39.8 Å². The molecule has 0 atom stereocenters. The molecule has 35 heavy (non-hydrogen) atoms. The average molecular weight is 489 g/mol. The number of aromatic nitrogens is 2. The van der Waals surface area contributed by atoms with Crippen molar-refractivity contribution in [3.8, 4) is 0 Å². The van der Waals surface area contributed by atoms with Gasteiger partial charge in [0.05, 0.1) is 17.8 Å². The Kier molecular flexibility index (Phi) is 5.64. The number of carbonyl (C=O) groups excluding carboxylic acids is 1. The first-order valence-electron chi connectivity index (χ1n) is 12.3. The van der Waals surface area contributed by atoms with Gasteiger partial charge in [-0.3, -0.25) is 0 Å². The number of nitrogens with zero attached hydrogens (tertiary/aromatic N) is 2. The lowest BCUT2D eigenvalue weighted by Gasteiger charge is -2.57. The van der Waals surface area contributed by atoms with Crippen molar-refractivity contribution in [3.05, 3.63) is 71.1 Å². The van der Waals surface area contributed by atoms with Crippen LogP contribution in [0.1, 0.15) is 54.6 Å². The van der Waals surface area contributed by atoms with Crippen molar-refractivity contribution in [1.82, 2.24) is 9.97 Å². The highest BCUT2D eigenvalue weighted by atomic mass is 35.5. The quantitative estimate of drug-likeness (QED) is 0.368. The number of anilines is 4. The van der Waals surface area contributed by atoms with Gasteiger partial charge in [-0.15, -0.1) is 0 Å². The van der Waals surface area contributed by atoms with Gasteiger partial charge in [-0.2, -0.15) is 0 Å². The second-order valence-electron chi connectivity index (χ2n) is 10.5. The van der Waals surface area contributed by atoms with Crippen molar-refractivity contribution in [2.75, 3.05) is 17.7 Å². The van der Waals surface area contributed by atoms with E-state index in [-0.39, 0.29) is 5.69 Å². The summed E-state index contributed by atoms with van der Waals surface area (Å²) in [5, 5.41) is 7.34. The summed E-state index contributed by atoms with van der Waals surface area (Å²) in [6, 6.07) is 14.4. The molecular weight excluding hydrogens is 460 g/mol. The molecule has 3 aromatic rings. The lowest BCUT2D eigenvalue weighted by molar-refractivity contribution is -0.00517. The zero-order valence-electron chi connectivity index (χ0n) is 19.8. The van der Waals surface area contributed by atoms with Crippen LogP contribution in [0.3, 0.4) is 0 Å². The highest BCUT2D eigenvalue weighted by molar-refractivity contribution is 6.33. The highest BCUT2D eigenvalue weighted by Gasteiger charge is 2.51. The summed E-state index contributed by atoms with van der Waals surface area (Å²) < 4.78 is 4.78. The Balaban J connectivity index is 1.16. The molecule has 0 unspecified atom stereocenters. The third kappa shape index (κ3) is 4.25. The topological polar surface area (TPSA) is 76.1 Å². The molecule has 0 radical (unpaired) electrons. The number of esters is 1. The van der Waals surface area contributed by atoms with Gasteiger partial charge < -0.3 is 15.4 Å². The van der Waals surface area contributed by atoms with Crippen molar-refractivity contribution in [3.63, 3.8) is 0 Å². The predicted octanol–water partition coefficient (Wildman–Crippen LogP) is 6.87. The van der Waals surface area contributed by atoms with Crippen LogP contribution in [0, 0.1) is 17.8 Å². The van der Waals surface area contributed by atoms with Crippen LogP contribution >= 0.6 is 11.6 Å². The second-order valence-corrected chi connectivity index (χ2v) is 10.9. The van der Waals surface area contributed by atoms with Gasteiger partial charge >= 0.3 is 5.97 Å². The minimum atomic E-state index is -0.537. The van der Waals surface area contributed by atoms with Crippen molar-refractivity contribution in [1.29, 1.82) is 0 Å². The number of rotatable bonds is 6. The Bertz CT molecular complexity index is 1220. The first-order valence-corrected chi connectivity index (χ1v) is 12.7. The van der Waals surface area contributed by atoms with Gasteiger partial charge in [0.2, 0.25) is 0 Å². The molecule has 0 aliphatic heterocycles. The molecule has 1 heterocycles. The third-order valence-electron chi connectivity index (χ3n) is 8.12. The van der Waals surface area contributed by atoms with E-state index in [4.69, 9.17) is 16.3 Å². The molecule has 1 aromatic heterocycles. The van der Waals surface area contributed by atoms with Gasteiger partial charge in [0, 0.05) is 23.8 Å². The van der Waals surface area contributed by atoms with Crippen LogP contribution in [-0.2, 0) is 10.2 Å². The molecular formula is C28H29ClN4O2. The van der Waals surface area contributed by atoms with Crippen molar-refractivity contribution >= 4 is 40.5 Å². The highest BCUT2D eigenvalue weighted by Crippen LogP contribution is 2.61. The lowest BCUT2D eigenvalue weighted by Crippen LogP contribution is -2.48. The van der Waals surface area contributed by atoms with Gasteiger partial charge in [0.15, 0.2) is 11.5 Å². The fraction of sp³-hybridized carbons (Fsp3) is 0.393. The van der Waals surface area contributed by atoms with Crippen LogP contribution < -0.4 is 10.6 Å². The van der Waals surface area contributed by atoms with Crippen LogP contribution in [0.25, 0.3) is 0 Å². The van der Waals surface area contributed by atoms with Gasteiger partial charge in [0.1, 0.15) is 0 Å². The molecule has 4 fully saturated rings. The maximum atomic E-state index is 11.9.